The number of carbonyl (C=O) groups excluding carboxylic acids is 1. The van der Waals surface area contributed by atoms with Gasteiger partial charge in [-0.15, -0.1) is 15.7 Å². The minimum atomic E-state index is -3.74. The molecule has 0 spiro atoms. The first-order chi connectivity index (χ1) is 15.4. The van der Waals surface area contributed by atoms with Crippen LogP contribution in [0.25, 0.3) is 11.3 Å². The zero-order valence-corrected chi connectivity index (χ0v) is 18.6. The smallest absolute Gasteiger partial charge is 0.285 e. The molecule has 0 radical (unpaired) electrons. The van der Waals surface area contributed by atoms with Crippen molar-refractivity contribution in [3.63, 3.8) is 0 Å². The van der Waals surface area contributed by atoms with Crippen molar-refractivity contribution in [1.82, 2.24) is 9.88 Å². The molecular formula is C21H18N4O5S2. The third-order valence-electron chi connectivity index (χ3n) is 4.94. The molecule has 11 heteroatoms. The summed E-state index contributed by atoms with van der Waals surface area (Å²) >= 11 is 1.30. The number of amides is 1. The number of carbonyl (C=O) groups is 1. The summed E-state index contributed by atoms with van der Waals surface area (Å²) in [5, 5.41) is 5.04. The zero-order valence-electron chi connectivity index (χ0n) is 16.9. The molecule has 1 amide bonds. The van der Waals surface area contributed by atoms with Gasteiger partial charge in [0.25, 0.3) is 10.0 Å². The summed E-state index contributed by atoms with van der Waals surface area (Å²) in [4.78, 5) is 18.7. The standard InChI is InChI=1S/C21H18N4O5S2/c1-25(20-14-4-2-3-5-18(14)32(27,28)24-20)11-19(26)23-21-22-15(12-31-21)13-6-7-16-17(10-13)30-9-8-29-16/h2-7,10,12H,8-9,11H2,1H3,(H,22,23,26). The van der Waals surface area contributed by atoms with Crippen molar-refractivity contribution >= 4 is 38.2 Å². The monoisotopic (exact) mass is 470 g/mol. The molecule has 0 fully saturated rings. The number of fused-ring (bicyclic) bond motifs is 2. The first-order valence-electron chi connectivity index (χ1n) is 9.72. The van der Waals surface area contributed by atoms with Gasteiger partial charge in [-0.05, 0) is 30.3 Å². The third kappa shape index (κ3) is 3.80. The SMILES string of the molecule is CN(CC(=O)Nc1nc(-c2ccc3c(c2)OCCO3)cs1)C1=NS(=O)(=O)c2ccccc21. The van der Waals surface area contributed by atoms with E-state index in [0.29, 0.717) is 41.1 Å². The fourth-order valence-corrected chi connectivity index (χ4v) is 5.47. The molecule has 0 saturated carbocycles. The van der Waals surface area contributed by atoms with Gasteiger partial charge in [0.05, 0.1) is 12.2 Å². The number of nitrogens with zero attached hydrogens (tertiary/aromatic N) is 3. The Balaban J connectivity index is 1.27. The number of anilines is 1. The lowest BCUT2D eigenvalue weighted by atomic mass is 10.1. The first-order valence-corrected chi connectivity index (χ1v) is 12.0. The van der Waals surface area contributed by atoms with E-state index in [0.717, 1.165) is 5.56 Å². The van der Waals surface area contributed by atoms with E-state index < -0.39 is 10.0 Å². The number of benzene rings is 2. The van der Waals surface area contributed by atoms with Crippen LogP contribution in [0.15, 0.2) is 57.1 Å². The van der Waals surface area contributed by atoms with Gasteiger partial charge in [-0.3, -0.25) is 4.79 Å². The Labute approximate surface area is 188 Å². The molecule has 2 aliphatic heterocycles. The Morgan fingerprint density at radius 2 is 1.94 bits per heavy atom. The molecule has 5 rings (SSSR count). The maximum absolute atomic E-state index is 12.6. The molecule has 3 heterocycles. The molecule has 9 nitrogen and oxygen atoms in total. The highest BCUT2D eigenvalue weighted by Crippen LogP contribution is 2.35. The van der Waals surface area contributed by atoms with Gasteiger partial charge in [-0.2, -0.15) is 8.42 Å². The van der Waals surface area contributed by atoms with Crippen molar-refractivity contribution in [2.24, 2.45) is 4.40 Å². The molecular weight excluding hydrogens is 452 g/mol. The molecule has 0 unspecified atom stereocenters. The van der Waals surface area contributed by atoms with Crippen LogP contribution in [0.1, 0.15) is 5.56 Å². The average Bonchev–Trinajstić information content (AvgIpc) is 3.36. The molecule has 1 aromatic heterocycles. The number of amidine groups is 1. The van der Waals surface area contributed by atoms with Crippen LogP contribution in [0.3, 0.4) is 0 Å². The van der Waals surface area contributed by atoms with Gasteiger partial charge < -0.3 is 19.7 Å². The molecule has 2 aliphatic rings. The van der Waals surface area contributed by atoms with Crippen molar-refractivity contribution in [3.8, 4) is 22.8 Å². The topological polar surface area (TPSA) is 110 Å². The number of hydrogen-bond donors (Lipinski definition) is 1. The molecule has 164 valence electrons. The van der Waals surface area contributed by atoms with Gasteiger partial charge in [-0.1, -0.05) is 12.1 Å². The quantitative estimate of drug-likeness (QED) is 0.624. The van der Waals surface area contributed by atoms with Crippen molar-refractivity contribution < 1.29 is 22.7 Å². The molecule has 0 bridgehead atoms. The van der Waals surface area contributed by atoms with Crippen LogP contribution in [-0.4, -0.2) is 56.9 Å². The van der Waals surface area contributed by atoms with E-state index in [9.17, 15) is 13.2 Å². The van der Waals surface area contributed by atoms with Gasteiger partial charge in [0, 0.05) is 23.6 Å². The lowest BCUT2D eigenvalue weighted by Crippen LogP contribution is -2.34. The van der Waals surface area contributed by atoms with Gasteiger partial charge in [-0.25, -0.2) is 4.98 Å². The van der Waals surface area contributed by atoms with Crippen molar-refractivity contribution in [2.45, 2.75) is 4.90 Å². The number of thiazole rings is 1. The summed E-state index contributed by atoms with van der Waals surface area (Å²) in [6.07, 6.45) is 0. The summed E-state index contributed by atoms with van der Waals surface area (Å²) in [7, 11) is -2.12. The number of hydrogen-bond acceptors (Lipinski definition) is 8. The second-order valence-electron chi connectivity index (χ2n) is 7.19. The van der Waals surface area contributed by atoms with Crippen LogP contribution < -0.4 is 14.8 Å². The molecule has 0 atom stereocenters. The average molecular weight is 471 g/mol. The van der Waals surface area contributed by atoms with Crippen LogP contribution in [-0.2, 0) is 14.8 Å². The molecule has 1 N–H and O–H groups in total. The Kier molecular flexibility index (Phi) is 5.06. The van der Waals surface area contributed by atoms with Gasteiger partial charge in [0.2, 0.25) is 5.91 Å². The highest BCUT2D eigenvalue weighted by Gasteiger charge is 2.31. The van der Waals surface area contributed by atoms with Crippen molar-refractivity contribution in [1.29, 1.82) is 0 Å². The second kappa shape index (κ2) is 7.92. The molecule has 0 aliphatic carbocycles. The Hall–Kier alpha value is -3.44. The van der Waals surface area contributed by atoms with Crippen LogP contribution in [0.4, 0.5) is 5.13 Å². The highest BCUT2D eigenvalue weighted by atomic mass is 32.2. The minimum Gasteiger partial charge on any atom is -0.486 e. The van der Waals surface area contributed by atoms with Crippen LogP contribution >= 0.6 is 11.3 Å². The largest absolute Gasteiger partial charge is 0.486 e. The first kappa shape index (κ1) is 20.5. The normalized spacial score (nSPS) is 15.6. The van der Waals surface area contributed by atoms with E-state index in [1.807, 2.05) is 23.6 Å². The number of nitrogens with one attached hydrogen (secondary N) is 1. The fourth-order valence-electron chi connectivity index (χ4n) is 3.48. The van der Waals surface area contributed by atoms with E-state index in [1.54, 1.807) is 25.2 Å². The molecule has 0 saturated heterocycles. The molecule has 32 heavy (non-hydrogen) atoms. The van der Waals surface area contributed by atoms with Crippen LogP contribution in [0.5, 0.6) is 11.5 Å². The van der Waals surface area contributed by atoms with Gasteiger partial charge in [0.1, 0.15) is 18.1 Å². The van der Waals surface area contributed by atoms with E-state index in [2.05, 4.69) is 14.7 Å². The lowest BCUT2D eigenvalue weighted by molar-refractivity contribution is -0.116. The fraction of sp³-hybridized carbons (Fsp3) is 0.190. The van der Waals surface area contributed by atoms with Crippen molar-refractivity contribution in [2.75, 3.05) is 32.1 Å². The maximum Gasteiger partial charge on any atom is 0.285 e. The predicted octanol–water partition coefficient (Wildman–Crippen LogP) is 2.60. The van der Waals surface area contributed by atoms with E-state index >= 15 is 0 Å². The third-order valence-corrected chi connectivity index (χ3v) is 7.03. The Bertz CT molecular complexity index is 1350. The number of likely N-dealkylation sites (N-methyl/N-ethyl adjacent to an activating group) is 1. The van der Waals surface area contributed by atoms with Crippen LogP contribution in [0, 0.1) is 0 Å². The van der Waals surface area contributed by atoms with Gasteiger partial charge in [0.15, 0.2) is 22.5 Å². The zero-order chi connectivity index (χ0) is 22.3. The van der Waals surface area contributed by atoms with Crippen LogP contribution in [0.2, 0.25) is 0 Å². The summed E-state index contributed by atoms with van der Waals surface area (Å²) < 4.78 is 39.4. The summed E-state index contributed by atoms with van der Waals surface area (Å²) in [6, 6.07) is 12.1. The number of aromatic nitrogens is 1. The molecule has 3 aromatic rings. The Morgan fingerprint density at radius 3 is 2.78 bits per heavy atom. The van der Waals surface area contributed by atoms with E-state index in [4.69, 9.17) is 9.47 Å². The second-order valence-corrected chi connectivity index (χ2v) is 9.62. The Morgan fingerprint density at radius 1 is 1.16 bits per heavy atom. The lowest BCUT2D eigenvalue weighted by Gasteiger charge is -2.18. The molecule has 2 aromatic carbocycles. The number of ether oxygens (including phenoxy) is 2. The summed E-state index contributed by atoms with van der Waals surface area (Å²) in [5.74, 6) is 1.28. The van der Waals surface area contributed by atoms with E-state index in [1.165, 1.54) is 22.3 Å². The number of rotatable bonds is 4. The highest BCUT2D eigenvalue weighted by molar-refractivity contribution is 7.90. The minimum absolute atomic E-state index is 0.0817. The summed E-state index contributed by atoms with van der Waals surface area (Å²) in [5.41, 5.74) is 2.04. The maximum atomic E-state index is 12.6. The van der Waals surface area contributed by atoms with Gasteiger partial charge >= 0.3 is 0 Å². The van der Waals surface area contributed by atoms with Crippen molar-refractivity contribution in [3.05, 3.63) is 53.4 Å². The number of sulfonamides is 1. The van der Waals surface area contributed by atoms with E-state index in [-0.39, 0.29) is 23.2 Å². The summed E-state index contributed by atoms with van der Waals surface area (Å²) in [6.45, 7) is 0.943. The predicted molar refractivity (Wildman–Crippen MR) is 120 cm³/mol.